The first-order valence-electron chi connectivity index (χ1n) is 5.33. The van der Waals surface area contributed by atoms with Crippen LogP contribution < -0.4 is 10.6 Å². The zero-order valence-electron chi connectivity index (χ0n) is 9.58. The summed E-state index contributed by atoms with van der Waals surface area (Å²) in [6.45, 7) is 0. The molecule has 2 rings (SSSR count). The van der Waals surface area contributed by atoms with Crippen LogP contribution in [0.5, 0.6) is 0 Å². The number of anilines is 2. The highest BCUT2D eigenvalue weighted by Crippen LogP contribution is 2.14. The lowest BCUT2D eigenvalue weighted by Crippen LogP contribution is -2.19. The minimum absolute atomic E-state index is 0.150. The van der Waals surface area contributed by atoms with Gasteiger partial charge in [-0.15, -0.1) is 0 Å². The molecule has 6 heteroatoms. The summed E-state index contributed by atoms with van der Waals surface area (Å²) >= 11 is 4.98. The van der Waals surface area contributed by atoms with E-state index in [2.05, 4.69) is 10.6 Å². The van der Waals surface area contributed by atoms with Crippen molar-refractivity contribution >= 4 is 28.7 Å². The molecule has 0 bridgehead atoms. The fourth-order valence-corrected chi connectivity index (χ4v) is 1.67. The van der Waals surface area contributed by atoms with Crippen molar-refractivity contribution < 1.29 is 13.2 Å². The van der Waals surface area contributed by atoms with Gasteiger partial charge in [-0.05, 0) is 42.5 Å². The number of thiocarbonyl (C=S) groups is 1. The summed E-state index contributed by atoms with van der Waals surface area (Å²) in [6.07, 6.45) is 0. The highest BCUT2D eigenvalue weighted by Gasteiger charge is 2.04. The van der Waals surface area contributed by atoms with Crippen LogP contribution in [0.4, 0.5) is 24.5 Å². The van der Waals surface area contributed by atoms with Crippen molar-refractivity contribution in [2.24, 2.45) is 0 Å². The van der Waals surface area contributed by atoms with Gasteiger partial charge in [0.1, 0.15) is 5.82 Å². The number of rotatable bonds is 2. The van der Waals surface area contributed by atoms with Crippen molar-refractivity contribution in [3.63, 3.8) is 0 Å². The third-order valence-electron chi connectivity index (χ3n) is 2.26. The van der Waals surface area contributed by atoms with E-state index in [1.165, 1.54) is 24.3 Å². The van der Waals surface area contributed by atoms with Crippen molar-refractivity contribution in [3.05, 3.63) is 59.9 Å². The molecule has 2 aromatic carbocycles. The Labute approximate surface area is 113 Å². The van der Waals surface area contributed by atoms with Crippen LogP contribution in [-0.2, 0) is 0 Å². The highest BCUT2D eigenvalue weighted by molar-refractivity contribution is 7.80. The molecule has 0 fully saturated rings. The zero-order chi connectivity index (χ0) is 13.8. The van der Waals surface area contributed by atoms with Crippen LogP contribution in [0.2, 0.25) is 0 Å². The van der Waals surface area contributed by atoms with Gasteiger partial charge in [-0.1, -0.05) is 6.07 Å². The van der Waals surface area contributed by atoms with Crippen LogP contribution in [0, 0.1) is 17.5 Å². The van der Waals surface area contributed by atoms with E-state index in [0.29, 0.717) is 11.4 Å². The van der Waals surface area contributed by atoms with Gasteiger partial charge in [0.15, 0.2) is 16.7 Å². The van der Waals surface area contributed by atoms with E-state index in [0.717, 1.165) is 12.1 Å². The van der Waals surface area contributed by atoms with Gasteiger partial charge in [-0.3, -0.25) is 0 Å². The average Bonchev–Trinajstić information content (AvgIpc) is 2.34. The van der Waals surface area contributed by atoms with Crippen LogP contribution in [0.3, 0.4) is 0 Å². The summed E-state index contributed by atoms with van der Waals surface area (Å²) in [7, 11) is 0. The molecule has 2 N–H and O–H groups in total. The van der Waals surface area contributed by atoms with Gasteiger partial charge in [-0.2, -0.15) is 0 Å². The second-order valence-electron chi connectivity index (χ2n) is 3.72. The van der Waals surface area contributed by atoms with Crippen LogP contribution in [-0.4, -0.2) is 5.11 Å². The van der Waals surface area contributed by atoms with Crippen molar-refractivity contribution in [3.8, 4) is 0 Å². The molecule has 0 aromatic heterocycles. The van der Waals surface area contributed by atoms with E-state index in [1.54, 1.807) is 6.07 Å². The standard InChI is InChI=1S/C13H9F3N2S/c14-8-2-1-3-9(6-8)17-13(19)18-10-4-5-11(15)12(16)7-10/h1-7H,(H2,17,18,19). The van der Waals surface area contributed by atoms with Crippen molar-refractivity contribution in [1.29, 1.82) is 0 Å². The molecule has 2 nitrogen and oxygen atoms in total. The van der Waals surface area contributed by atoms with E-state index in [9.17, 15) is 13.2 Å². The normalized spacial score (nSPS) is 10.1. The molecule has 2 aromatic rings. The van der Waals surface area contributed by atoms with E-state index in [4.69, 9.17) is 12.2 Å². The second kappa shape index (κ2) is 5.71. The van der Waals surface area contributed by atoms with Gasteiger partial charge >= 0.3 is 0 Å². The number of nitrogens with one attached hydrogen (secondary N) is 2. The Kier molecular flexibility index (Phi) is 4.01. The minimum atomic E-state index is -0.974. The molecule has 0 saturated carbocycles. The Morgan fingerprint density at radius 3 is 2.16 bits per heavy atom. The Hall–Kier alpha value is -2.08. The molecular formula is C13H9F3N2S. The van der Waals surface area contributed by atoms with Gasteiger partial charge < -0.3 is 10.6 Å². The van der Waals surface area contributed by atoms with E-state index in [1.807, 2.05) is 0 Å². The first kappa shape index (κ1) is 13.4. The number of hydrogen-bond acceptors (Lipinski definition) is 1. The summed E-state index contributed by atoms with van der Waals surface area (Å²) < 4.78 is 38.7. The lowest BCUT2D eigenvalue weighted by atomic mass is 10.3. The molecule has 0 spiro atoms. The van der Waals surface area contributed by atoms with Crippen LogP contribution >= 0.6 is 12.2 Å². The summed E-state index contributed by atoms with van der Waals surface area (Å²) in [4.78, 5) is 0. The van der Waals surface area contributed by atoms with E-state index >= 15 is 0 Å². The summed E-state index contributed by atoms with van der Waals surface area (Å²) in [5.74, 6) is -2.31. The molecule has 0 unspecified atom stereocenters. The fourth-order valence-electron chi connectivity index (χ4n) is 1.43. The molecule has 0 saturated heterocycles. The molecule has 0 heterocycles. The third kappa shape index (κ3) is 3.69. The molecule has 0 radical (unpaired) electrons. The monoisotopic (exact) mass is 282 g/mol. The maximum Gasteiger partial charge on any atom is 0.175 e. The molecule has 0 aliphatic carbocycles. The SMILES string of the molecule is Fc1cccc(NC(=S)Nc2ccc(F)c(F)c2)c1. The number of benzene rings is 2. The molecular weight excluding hydrogens is 273 g/mol. The number of halogens is 3. The quantitative estimate of drug-likeness (QED) is 0.817. The van der Waals surface area contributed by atoms with E-state index in [-0.39, 0.29) is 5.11 Å². The van der Waals surface area contributed by atoms with Gasteiger partial charge in [0, 0.05) is 17.4 Å². The average molecular weight is 282 g/mol. The van der Waals surface area contributed by atoms with Crippen molar-refractivity contribution in [2.45, 2.75) is 0 Å². The lowest BCUT2D eigenvalue weighted by Gasteiger charge is -2.10. The Morgan fingerprint density at radius 1 is 0.842 bits per heavy atom. The van der Waals surface area contributed by atoms with Crippen molar-refractivity contribution in [1.82, 2.24) is 0 Å². The van der Waals surface area contributed by atoms with Gasteiger partial charge in [0.2, 0.25) is 0 Å². The topological polar surface area (TPSA) is 24.1 Å². The lowest BCUT2D eigenvalue weighted by molar-refractivity contribution is 0.509. The van der Waals surface area contributed by atoms with Crippen LogP contribution in [0.15, 0.2) is 42.5 Å². The molecule has 19 heavy (non-hydrogen) atoms. The molecule has 0 aliphatic rings. The second-order valence-corrected chi connectivity index (χ2v) is 4.13. The van der Waals surface area contributed by atoms with Gasteiger partial charge in [0.05, 0.1) is 0 Å². The molecule has 0 aliphatic heterocycles. The van der Waals surface area contributed by atoms with Gasteiger partial charge in [-0.25, -0.2) is 13.2 Å². The summed E-state index contributed by atoms with van der Waals surface area (Å²) in [6, 6.07) is 9.03. The first-order chi connectivity index (χ1) is 9.04. The first-order valence-corrected chi connectivity index (χ1v) is 5.74. The minimum Gasteiger partial charge on any atom is -0.332 e. The number of hydrogen-bond donors (Lipinski definition) is 2. The summed E-state index contributed by atoms with van der Waals surface area (Å²) in [5.41, 5.74) is 0.757. The Morgan fingerprint density at radius 2 is 1.53 bits per heavy atom. The maximum absolute atomic E-state index is 13.0. The smallest absolute Gasteiger partial charge is 0.175 e. The van der Waals surface area contributed by atoms with Crippen LogP contribution in [0.25, 0.3) is 0 Å². The third-order valence-corrected chi connectivity index (χ3v) is 2.46. The fraction of sp³-hybridized carbons (Fsp3) is 0. The Balaban J connectivity index is 2.03. The Bertz CT molecular complexity index is 617. The van der Waals surface area contributed by atoms with E-state index < -0.39 is 17.5 Å². The predicted molar refractivity (Wildman–Crippen MR) is 72.6 cm³/mol. The highest BCUT2D eigenvalue weighted by atomic mass is 32.1. The molecule has 0 amide bonds. The predicted octanol–water partition coefficient (Wildman–Crippen LogP) is 3.91. The maximum atomic E-state index is 13.0. The summed E-state index contributed by atoms with van der Waals surface area (Å²) in [5, 5.41) is 5.55. The zero-order valence-corrected chi connectivity index (χ0v) is 10.4. The molecule has 98 valence electrons. The van der Waals surface area contributed by atoms with Crippen LogP contribution in [0.1, 0.15) is 0 Å². The van der Waals surface area contributed by atoms with Gasteiger partial charge in [0.25, 0.3) is 0 Å². The molecule has 0 atom stereocenters. The van der Waals surface area contributed by atoms with Crippen molar-refractivity contribution in [2.75, 3.05) is 10.6 Å². The largest absolute Gasteiger partial charge is 0.332 e.